The number of aliphatic hydroxyl groups is 2. The molecule has 0 bridgehead atoms. The van der Waals surface area contributed by atoms with Crippen LogP contribution in [0.15, 0.2) is 30.3 Å². The number of terminal acetylenes is 2. The van der Waals surface area contributed by atoms with Crippen LogP contribution in [0.5, 0.6) is 0 Å². The average molecular weight is 673 g/mol. The van der Waals surface area contributed by atoms with Crippen molar-refractivity contribution in [3.05, 3.63) is 35.9 Å². The van der Waals surface area contributed by atoms with Crippen molar-refractivity contribution in [3.63, 3.8) is 0 Å². The number of sulfonamides is 1. The van der Waals surface area contributed by atoms with Gasteiger partial charge >= 0.3 is 0 Å². The predicted molar refractivity (Wildman–Crippen MR) is 186 cm³/mol. The van der Waals surface area contributed by atoms with E-state index in [1.807, 2.05) is 44.2 Å². The summed E-state index contributed by atoms with van der Waals surface area (Å²) in [6.07, 6.45) is 14.7. The standard InChI is InChI=1S/C36H56N4O6S/c1-6-10-22-33(41)34(42)32(26-29-20-15-12-16-21-29)38-36(44)31(17-7-2)37-35(43)30(25-28-18-13-11-14-19-28)27-47(45,46)39(5)23-24-40(8-3)9-4/h1-2,11,13-14,18-19,29-34,41-42H,8-10,12,15-17,20-27H2,3-5H3,(H,37,43)(H,38,44)/t30?,31-,32?,33?,34+/m0/s1. The van der Waals surface area contributed by atoms with Gasteiger partial charge in [0, 0.05) is 33.0 Å². The van der Waals surface area contributed by atoms with Crippen LogP contribution >= 0.6 is 0 Å². The Morgan fingerprint density at radius 1 is 0.979 bits per heavy atom. The third-order valence-corrected chi connectivity index (χ3v) is 11.1. The highest BCUT2D eigenvalue weighted by molar-refractivity contribution is 7.89. The van der Waals surface area contributed by atoms with Crippen molar-refractivity contribution in [2.24, 2.45) is 11.8 Å². The minimum atomic E-state index is -3.84. The van der Waals surface area contributed by atoms with Crippen LogP contribution in [0.3, 0.4) is 0 Å². The van der Waals surface area contributed by atoms with E-state index >= 15 is 0 Å². The molecule has 0 radical (unpaired) electrons. The van der Waals surface area contributed by atoms with Crippen molar-refractivity contribution in [1.29, 1.82) is 0 Å². The SMILES string of the molecule is C#CCCC(O)[C@H](O)C(CC1CCCCC1)NC(=O)[C@H](CC#C)NC(=O)C(Cc1ccccc1)CS(=O)(=O)N(C)CCN(CC)CC. The quantitative estimate of drug-likeness (QED) is 0.147. The highest BCUT2D eigenvalue weighted by atomic mass is 32.2. The van der Waals surface area contributed by atoms with Gasteiger partial charge in [-0.25, -0.2) is 12.7 Å². The van der Waals surface area contributed by atoms with Crippen LogP contribution < -0.4 is 10.6 Å². The summed E-state index contributed by atoms with van der Waals surface area (Å²) < 4.78 is 28.2. The van der Waals surface area contributed by atoms with Crippen molar-refractivity contribution >= 4 is 21.8 Å². The first-order valence-electron chi connectivity index (χ1n) is 17.0. The number of carbonyl (C=O) groups is 2. The van der Waals surface area contributed by atoms with Crippen molar-refractivity contribution in [2.45, 2.75) is 102 Å². The maximum absolute atomic E-state index is 13.8. The highest BCUT2D eigenvalue weighted by Gasteiger charge is 2.35. The summed E-state index contributed by atoms with van der Waals surface area (Å²) >= 11 is 0. The monoisotopic (exact) mass is 672 g/mol. The Balaban J connectivity index is 2.26. The zero-order chi connectivity index (χ0) is 34.8. The molecule has 0 heterocycles. The molecule has 11 heteroatoms. The van der Waals surface area contributed by atoms with Gasteiger partial charge in [0.1, 0.15) is 12.1 Å². The molecule has 0 saturated heterocycles. The van der Waals surface area contributed by atoms with E-state index in [1.165, 1.54) is 11.4 Å². The molecule has 2 amide bonds. The molecule has 1 aliphatic carbocycles. The molecule has 1 saturated carbocycles. The maximum Gasteiger partial charge on any atom is 0.243 e. The van der Waals surface area contributed by atoms with Gasteiger partial charge in [-0.3, -0.25) is 9.59 Å². The van der Waals surface area contributed by atoms with E-state index in [4.69, 9.17) is 12.8 Å². The fraction of sp³-hybridized carbons (Fsp3) is 0.667. The largest absolute Gasteiger partial charge is 0.390 e. The van der Waals surface area contributed by atoms with E-state index in [1.54, 1.807) is 0 Å². The highest BCUT2D eigenvalue weighted by Crippen LogP contribution is 2.29. The van der Waals surface area contributed by atoms with Crippen molar-refractivity contribution in [2.75, 3.05) is 39.0 Å². The topological polar surface area (TPSA) is 139 Å². The molecule has 0 aromatic heterocycles. The molecule has 1 fully saturated rings. The number of hydrogen-bond acceptors (Lipinski definition) is 7. The second-order valence-electron chi connectivity index (χ2n) is 12.6. The summed E-state index contributed by atoms with van der Waals surface area (Å²) in [4.78, 5) is 29.6. The lowest BCUT2D eigenvalue weighted by Gasteiger charge is -2.33. The second-order valence-corrected chi connectivity index (χ2v) is 14.8. The first-order chi connectivity index (χ1) is 22.4. The third-order valence-electron chi connectivity index (χ3n) is 9.19. The lowest BCUT2D eigenvalue weighted by molar-refractivity contribution is -0.132. The van der Waals surface area contributed by atoms with Crippen LogP contribution in [0.2, 0.25) is 0 Å². The number of amides is 2. The minimum absolute atomic E-state index is 0.141. The number of benzene rings is 1. The Morgan fingerprint density at radius 2 is 1.64 bits per heavy atom. The number of rotatable bonds is 21. The van der Waals surface area contributed by atoms with Crippen LogP contribution in [-0.4, -0.2) is 103 Å². The first kappa shape index (κ1) is 40.2. The lowest BCUT2D eigenvalue weighted by Crippen LogP contribution is -2.56. The molecule has 5 atom stereocenters. The summed E-state index contributed by atoms with van der Waals surface area (Å²) in [5, 5.41) is 27.3. The summed E-state index contributed by atoms with van der Waals surface area (Å²) in [6.45, 7) is 6.47. The Morgan fingerprint density at radius 3 is 2.23 bits per heavy atom. The molecular weight excluding hydrogens is 616 g/mol. The van der Waals surface area contributed by atoms with Crippen molar-refractivity contribution in [3.8, 4) is 24.7 Å². The van der Waals surface area contributed by atoms with Crippen molar-refractivity contribution in [1.82, 2.24) is 19.8 Å². The van der Waals surface area contributed by atoms with Gasteiger partial charge < -0.3 is 25.7 Å². The molecule has 1 aromatic carbocycles. The van der Waals surface area contributed by atoms with E-state index in [-0.39, 0.29) is 38.1 Å². The Kier molecular flexibility index (Phi) is 18.1. The van der Waals surface area contributed by atoms with Crippen LogP contribution in [0.25, 0.3) is 0 Å². The molecule has 47 heavy (non-hydrogen) atoms. The van der Waals surface area contributed by atoms with Crippen LogP contribution in [0.1, 0.15) is 77.2 Å². The minimum Gasteiger partial charge on any atom is -0.390 e. The van der Waals surface area contributed by atoms with E-state index in [9.17, 15) is 28.2 Å². The summed E-state index contributed by atoms with van der Waals surface area (Å²) in [7, 11) is -2.32. The molecular formula is C36H56N4O6S. The Bertz CT molecular complexity index is 1270. The van der Waals surface area contributed by atoms with Gasteiger partial charge in [-0.05, 0) is 43.8 Å². The van der Waals surface area contributed by atoms with Gasteiger partial charge in [0.25, 0.3) is 0 Å². The van der Waals surface area contributed by atoms with Gasteiger partial charge in [-0.1, -0.05) is 76.3 Å². The zero-order valence-corrected chi connectivity index (χ0v) is 29.3. The van der Waals surface area contributed by atoms with Gasteiger partial charge in [0.05, 0.1) is 23.8 Å². The van der Waals surface area contributed by atoms with Crippen LogP contribution in [0, 0.1) is 36.5 Å². The predicted octanol–water partition coefficient (Wildman–Crippen LogP) is 2.55. The number of nitrogens with zero attached hydrogens (tertiary/aromatic N) is 2. The normalized spacial score (nSPS) is 17.2. The van der Waals surface area contributed by atoms with E-state index in [0.29, 0.717) is 13.0 Å². The second kappa shape index (κ2) is 21.1. The molecule has 3 unspecified atom stereocenters. The van der Waals surface area contributed by atoms with E-state index in [2.05, 4.69) is 27.4 Å². The number of carbonyl (C=O) groups excluding carboxylic acids is 2. The Hall–Kier alpha value is -2.93. The fourth-order valence-corrected chi connectivity index (χ4v) is 7.50. The molecule has 2 rings (SSSR count). The number of aliphatic hydroxyl groups excluding tert-OH is 2. The van der Waals surface area contributed by atoms with Gasteiger partial charge in [0.15, 0.2) is 0 Å². The lowest BCUT2D eigenvalue weighted by atomic mass is 9.82. The molecule has 1 aromatic rings. The molecule has 262 valence electrons. The number of likely N-dealkylation sites (N-methyl/N-ethyl adjacent to an activating group) is 2. The molecule has 4 N–H and O–H groups in total. The third kappa shape index (κ3) is 14.0. The van der Waals surface area contributed by atoms with Crippen molar-refractivity contribution < 1.29 is 28.2 Å². The maximum atomic E-state index is 13.8. The molecule has 10 nitrogen and oxygen atoms in total. The molecule has 1 aliphatic rings. The van der Waals surface area contributed by atoms with Gasteiger partial charge in [-0.2, -0.15) is 0 Å². The smallest absolute Gasteiger partial charge is 0.243 e. The van der Waals surface area contributed by atoms with Gasteiger partial charge in [0.2, 0.25) is 21.8 Å². The van der Waals surface area contributed by atoms with Crippen LogP contribution in [-0.2, 0) is 26.0 Å². The van der Waals surface area contributed by atoms with Gasteiger partial charge in [-0.15, -0.1) is 24.7 Å². The molecule has 0 aliphatic heterocycles. The number of hydrogen-bond donors (Lipinski definition) is 4. The van der Waals surface area contributed by atoms with Crippen LogP contribution in [0.4, 0.5) is 0 Å². The van der Waals surface area contributed by atoms with E-state index < -0.39 is 57.8 Å². The van der Waals surface area contributed by atoms with E-state index in [0.717, 1.165) is 50.8 Å². The fourth-order valence-electron chi connectivity index (χ4n) is 6.10. The summed E-state index contributed by atoms with van der Waals surface area (Å²) in [6, 6.07) is 7.18. The first-order valence-corrected chi connectivity index (χ1v) is 18.6. The molecule has 0 spiro atoms. The Labute approximate surface area is 283 Å². The summed E-state index contributed by atoms with van der Waals surface area (Å²) in [5.41, 5.74) is 0.781. The number of nitrogens with one attached hydrogen (secondary N) is 2. The zero-order valence-electron chi connectivity index (χ0n) is 28.4. The average Bonchev–Trinajstić information content (AvgIpc) is 3.07. The summed E-state index contributed by atoms with van der Waals surface area (Å²) in [5.74, 6) is 2.52.